The van der Waals surface area contributed by atoms with Crippen molar-refractivity contribution in [1.29, 1.82) is 0 Å². The largest absolute Gasteiger partial charge is 0.496 e. The van der Waals surface area contributed by atoms with Gasteiger partial charge in [-0.05, 0) is 12.5 Å². The summed E-state index contributed by atoms with van der Waals surface area (Å²) in [4.78, 5) is 0. The molecule has 0 amide bonds. The van der Waals surface area contributed by atoms with Crippen molar-refractivity contribution < 1.29 is 14.9 Å². The lowest BCUT2D eigenvalue weighted by Gasteiger charge is -2.24. The van der Waals surface area contributed by atoms with Gasteiger partial charge in [0.2, 0.25) is 0 Å². The second kappa shape index (κ2) is 7.27. The van der Waals surface area contributed by atoms with Crippen molar-refractivity contribution in [2.45, 2.75) is 25.4 Å². The van der Waals surface area contributed by atoms with E-state index in [1.807, 2.05) is 24.3 Å². The molecule has 96 valence electrons. The monoisotopic (exact) mass is 239 g/mol. The van der Waals surface area contributed by atoms with Gasteiger partial charge in [-0.3, -0.25) is 0 Å². The van der Waals surface area contributed by atoms with Crippen LogP contribution in [0.25, 0.3) is 0 Å². The first-order valence-electron chi connectivity index (χ1n) is 5.87. The summed E-state index contributed by atoms with van der Waals surface area (Å²) in [7, 11) is 1.64. The topological polar surface area (TPSA) is 61.7 Å². The first kappa shape index (κ1) is 14.0. The predicted molar refractivity (Wildman–Crippen MR) is 67.1 cm³/mol. The Hall–Kier alpha value is -1.10. The predicted octanol–water partition coefficient (Wildman–Crippen LogP) is 1.09. The van der Waals surface area contributed by atoms with E-state index in [9.17, 15) is 0 Å². The summed E-state index contributed by atoms with van der Waals surface area (Å²) < 4.78 is 5.31. The van der Waals surface area contributed by atoms with Crippen molar-refractivity contribution in [3.8, 4) is 5.75 Å². The Bertz CT molecular complexity index is 326. The molecule has 0 heterocycles. The van der Waals surface area contributed by atoms with Crippen LogP contribution < -0.4 is 10.1 Å². The number of aliphatic hydroxyl groups excluding tert-OH is 2. The van der Waals surface area contributed by atoms with Crippen molar-refractivity contribution in [3.63, 3.8) is 0 Å². The fourth-order valence-corrected chi connectivity index (χ4v) is 1.83. The maximum Gasteiger partial charge on any atom is 0.123 e. The minimum Gasteiger partial charge on any atom is -0.496 e. The number of para-hydroxylation sites is 1. The number of benzene rings is 1. The minimum absolute atomic E-state index is 0.0652. The first-order valence-corrected chi connectivity index (χ1v) is 5.87. The highest BCUT2D eigenvalue weighted by molar-refractivity contribution is 5.35. The number of ether oxygens (including phenoxy) is 1. The quantitative estimate of drug-likeness (QED) is 0.666. The maximum absolute atomic E-state index is 9.09. The van der Waals surface area contributed by atoms with Crippen LogP contribution in [-0.4, -0.2) is 36.6 Å². The van der Waals surface area contributed by atoms with E-state index in [-0.39, 0.29) is 25.3 Å². The van der Waals surface area contributed by atoms with Crippen molar-refractivity contribution in [3.05, 3.63) is 29.8 Å². The summed E-state index contributed by atoms with van der Waals surface area (Å²) in [5.74, 6) is 0.821. The van der Waals surface area contributed by atoms with Gasteiger partial charge in [0.1, 0.15) is 5.75 Å². The van der Waals surface area contributed by atoms with Crippen molar-refractivity contribution in [1.82, 2.24) is 5.32 Å². The summed E-state index contributed by atoms with van der Waals surface area (Å²) in [6.45, 7) is 1.89. The minimum atomic E-state index is -0.301. The van der Waals surface area contributed by atoms with Gasteiger partial charge in [-0.1, -0.05) is 25.1 Å². The van der Waals surface area contributed by atoms with Crippen LogP contribution in [0.4, 0.5) is 0 Å². The highest BCUT2D eigenvalue weighted by Gasteiger charge is 2.17. The van der Waals surface area contributed by atoms with Gasteiger partial charge in [0.15, 0.2) is 0 Å². The second-order valence-electron chi connectivity index (χ2n) is 3.93. The number of hydrogen-bond acceptors (Lipinski definition) is 4. The van der Waals surface area contributed by atoms with E-state index in [0.717, 1.165) is 17.7 Å². The second-order valence-corrected chi connectivity index (χ2v) is 3.93. The SMILES string of the molecule is CCC(NC(CO)CO)c1ccccc1OC. The zero-order chi connectivity index (χ0) is 12.7. The molecule has 0 saturated carbocycles. The van der Waals surface area contributed by atoms with Gasteiger partial charge < -0.3 is 20.3 Å². The number of hydrogen-bond donors (Lipinski definition) is 3. The Kier molecular flexibility index (Phi) is 5.97. The third-order valence-corrected chi connectivity index (χ3v) is 2.80. The van der Waals surface area contributed by atoms with Crippen molar-refractivity contribution in [2.24, 2.45) is 0 Å². The zero-order valence-corrected chi connectivity index (χ0v) is 10.4. The number of rotatable bonds is 7. The highest BCUT2D eigenvalue weighted by Crippen LogP contribution is 2.27. The van der Waals surface area contributed by atoms with E-state index in [4.69, 9.17) is 14.9 Å². The molecule has 1 atom stereocenters. The number of methoxy groups -OCH3 is 1. The normalized spacial score (nSPS) is 12.8. The molecule has 0 aliphatic rings. The molecule has 1 aromatic rings. The van der Waals surface area contributed by atoms with Gasteiger partial charge in [-0.15, -0.1) is 0 Å². The molecule has 0 fully saturated rings. The highest BCUT2D eigenvalue weighted by atomic mass is 16.5. The molecule has 1 unspecified atom stereocenters. The third kappa shape index (κ3) is 3.70. The van der Waals surface area contributed by atoms with E-state index in [2.05, 4.69) is 12.2 Å². The maximum atomic E-state index is 9.09. The van der Waals surface area contributed by atoms with Crippen LogP contribution in [0.2, 0.25) is 0 Å². The summed E-state index contributed by atoms with van der Waals surface area (Å²) in [6, 6.07) is 7.54. The molecule has 0 bridgehead atoms. The first-order chi connectivity index (χ1) is 8.26. The van der Waals surface area contributed by atoms with Gasteiger partial charge in [0.25, 0.3) is 0 Å². The van der Waals surface area contributed by atoms with Crippen LogP contribution in [-0.2, 0) is 0 Å². The fourth-order valence-electron chi connectivity index (χ4n) is 1.83. The molecule has 1 rings (SSSR count). The van der Waals surface area contributed by atoms with E-state index >= 15 is 0 Å². The van der Waals surface area contributed by atoms with Gasteiger partial charge in [-0.25, -0.2) is 0 Å². The number of nitrogens with one attached hydrogen (secondary N) is 1. The average Bonchev–Trinajstić information content (AvgIpc) is 2.40. The Morgan fingerprint density at radius 2 is 1.88 bits per heavy atom. The average molecular weight is 239 g/mol. The van der Waals surface area contributed by atoms with Gasteiger partial charge in [0.05, 0.1) is 26.4 Å². The van der Waals surface area contributed by atoms with Crippen LogP contribution in [0.5, 0.6) is 5.75 Å². The number of aliphatic hydroxyl groups is 2. The van der Waals surface area contributed by atoms with Gasteiger partial charge in [-0.2, -0.15) is 0 Å². The lowest BCUT2D eigenvalue weighted by Crippen LogP contribution is -2.38. The molecular weight excluding hydrogens is 218 g/mol. The van der Waals surface area contributed by atoms with Crippen LogP contribution in [0.3, 0.4) is 0 Å². The lowest BCUT2D eigenvalue weighted by molar-refractivity contribution is 0.160. The molecule has 17 heavy (non-hydrogen) atoms. The van der Waals surface area contributed by atoms with Crippen LogP contribution in [0.15, 0.2) is 24.3 Å². The molecule has 1 aromatic carbocycles. The van der Waals surface area contributed by atoms with Gasteiger partial charge in [0, 0.05) is 11.6 Å². The van der Waals surface area contributed by atoms with E-state index in [0.29, 0.717) is 0 Å². The molecule has 4 nitrogen and oxygen atoms in total. The third-order valence-electron chi connectivity index (χ3n) is 2.80. The molecule has 0 saturated heterocycles. The Morgan fingerprint density at radius 3 is 2.41 bits per heavy atom. The summed E-state index contributed by atoms with van der Waals surface area (Å²) in [5.41, 5.74) is 1.05. The van der Waals surface area contributed by atoms with E-state index in [1.165, 1.54) is 0 Å². The Labute approximate surface area is 102 Å². The smallest absolute Gasteiger partial charge is 0.123 e. The summed E-state index contributed by atoms with van der Waals surface area (Å²) in [5, 5.41) is 21.4. The molecule has 4 heteroatoms. The molecule has 0 aliphatic heterocycles. The summed E-state index contributed by atoms with van der Waals surface area (Å²) >= 11 is 0. The molecule has 0 aromatic heterocycles. The molecule has 0 spiro atoms. The molecule has 0 aliphatic carbocycles. The Morgan fingerprint density at radius 1 is 1.24 bits per heavy atom. The Balaban J connectivity index is 2.85. The van der Waals surface area contributed by atoms with E-state index < -0.39 is 0 Å². The molecule has 0 radical (unpaired) electrons. The summed E-state index contributed by atoms with van der Waals surface area (Å²) in [6.07, 6.45) is 0.858. The van der Waals surface area contributed by atoms with Crippen molar-refractivity contribution >= 4 is 0 Å². The fraction of sp³-hybridized carbons (Fsp3) is 0.538. The van der Waals surface area contributed by atoms with E-state index in [1.54, 1.807) is 7.11 Å². The van der Waals surface area contributed by atoms with Crippen molar-refractivity contribution in [2.75, 3.05) is 20.3 Å². The molecular formula is C13H21NO3. The zero-order valence-electron chi connectivity index (χ0n) is 10.4. The van der Waals surface area contributed by atoms with Crippen LogP contribution in [0, 0.1) is 0 Å². The lowest BCUT2D eigenvalue weighted by atomic mass is 10.0. The standard InChI is InChI=1S/C13H21NO3/c1-3-12(14-10(8-15)9-16)11-6-4-5-7-13(11)17-2/h4-7,10,12,14-16H,3,8-9H2,1-2H3. The van der Waals surface area contributed by atoms with Crippen LogP contribution in [0.1, 0.15) is 24.9 Å². The van der Waals surface area contributed by atoms with Gasteiger partial charge >= 0.3 is 0 Å². The molecule has 3 N–H and O–H groups in total. The van der Waals surface area contributed by atoms with Crippen LogP contribution >= 0.6 is 0 Å².